The third kappa shape index (κ3) is 2.19. The van der Waals surface area contributed by atoms with E-state index >= 15 is 0 Å². The van der Waals surface area contributed by atoms with Crippen molar-refractivity contribution in [3.8, 4) is 0 Å². The summed E-state index contributed by atoms with van der Waals surface area (Å²) in [5.74, 6) is -0.358. The van der Waals surface area contributed by atoms with Gasteiger partial charge in [0, 0.05) is 13.5 Å². The van der Waals surface area contributed by atoms with Gasteiger partial charge >= 0.3 is 5.97 Å². The van der Waals surface area contributed by atoms with Gasteiger partial charge in [-0.1, -0.05) is 0 Å². The third-order valence-corrected chi connectivity index (χ3v) is 2.79. The van der Waals surface area contributed by atoms with E-state index in [4.69, 9.17) is 10.5 Å². The van der Waals surface area contributed by atoms with E-state index in [0.717, 1.165) is 19.3 Å². The minimum atomic E-state index is -0.551. The Bertz CT molecular complexity index is 184. The number of esters is 1. The second kappa shape index (κ2) is 4.07. The van der Waals surface area contributed by atoms with Crippen LogP contribution in [0.5, 0.6) is 0 Å². The molecule has 0 amide bonds. The number of carbonyl (C=O) groups excluding carboxylic acids is 1. The molecule has 13 heavy (non-hydrogen) atoms. The summed E-state index contributed by atoms with van der Waals surface area (Å²) >= 11 is 0. The molecular weight excluding hydrogens is 170 g/mol. The molecule has 76 valence electrons. The highest BCUT2D eigenvalue weighted by Crippen LogP contribution is 2.38. The fourth-order valence-corrected chi connectivity index (χ4v) is 1.70. The van der Waals surface area contributed by atoms with E-state index in [1.165, 1.54) is 7.11 Å². The molecule has 0 saturated heterocycles. The van der Waals surface area contributed by atoms with Gasteiger partial charge in [0.15, 0.2) is 0 Å². The molecule has 1 unspecified atom stereocenters. The molecular formula is C9H17NO3. The smallest absolute Gasteiger partial charge is 0.322 e. The molecule has 0 aromatic carbocycles. The lowest BCUT2D eigenvalue weighted by molar-refractivity contribution is -0.146. The maximum atomic E-state index is 11.0. The van der Waals surface area contributed by atoms with Crippen molar-refractivity contribution >= 4 is 5.97 Å². The number of carbonyl (C=O) groups is 1. The summed E-state index contributed by atoms with van der Waals surface area (Å²) in [5.41, 5.74) is 5.49. The standard InChI is InChI=1S/C9H17NO3/c1-12-8(11)7(10)6-9(13-2)4-3-5-9/h7H,3-6,10H2,1-2H3. The Morgan fingerprint density at radius 3 is 2.46 bits per heavy atom. The van der Waals surface area contributed by atoms with Gasteiger partial charge in [-0.15, -0.1) is 0 Å². The molecule has 1 fully saturated rings. The molecule has 0 heterocycles. The zero-order valence-electron chi connectivity index (χ0n) is 8.21. The van der Waals surface area contributed by atoms with E-state index in [-0.39, 0.29) is 11.6 Å². The molecule has 0 spiro atoms. The Kier molecular flexibility index (Phi) is 3.27. The Morgan fingerprint density at radius 2 is 2.15 bits per heavy atom. The summed E-state index contributed by atoms with van der Waals surface area (Å²) in [6.07, 6.45) is 3.71. The predicted molar refractivity (Wildman–Crippen MR) is 48.2 cm³/mol. The lowest BCUT2D eigenvalue weighted by atomic mass is 9.76. The number of methoxy groups -OCH3 is 2. The molecule has 1 saturated carbocycles. The van der Waals surface area contributed by atoms with Gasteiger partial charge in [-0.05, 0) is 19.3 Å². The van der Waals surface area contributed by atoms with E-state index in [1.54, 1.807) is 7.11 Å². The normalized spacial score (nSPS) is 21.8. The van der Waals surface area contributed by atoms with E-state index in [1.807, 2.05) is 0 Å². The van der Waals surface area contributed by atoms with Crippen LogP contribution >= 0.6 is 0 Å². The topological polar surface area (TPSA) is 61.5 Å². The first-order valence-corrected chi connectivity index (χ1v) is 4.52. The second-order valence-electron chi connectivity index (χ2n) is 3.57. The highest BCUT2D eigenvalue weighted by atomic mass is 16.5. The Labute approximate surface area is 78.4 Å². The molecule has 0 aromatic heterocycles. The maximum Gasteiger partial charge on any atom is 0.322 e. The van der Waals surface area contributed by atoms with Crippen LogP contribution in [0.1, 0.15) is 25.7 Å². The van der Waals surface area contributed by atoms with Gasteiger partial charge < -0.3 is 15.2 Å². The summed E-state index contributed by atoms with van der Waals surface area (Å²) in [6.45, 7) is 0. The van der Waals surface area contributed by atoms with Crippen molar-refractivity contribution in [3.63, 3.8) is 0 Å². The summed E-state index contributed by atoms with van der Waals surface area (Å²) in [6, 6.07) is -0.551. The summed E-state index contributed by atoms with van der Waals surface area (Å²) in [5, 5.41) is 0. The monoisotopic (exact) mass is 187 g/mol. The number of nitrogens with two attached hydrogens (primary N) is 1. The minimum Gasteiger partial charge on any atom is -0.468 e. The second-order valence-corrected chi connectivity index (χ2v) is 3.57. The quantitative estimate of drug-likeness (QED) is 0.649. The van der Waals surface area contributed by atoms with Gasteiger partial charge in [0.2, 0.25) is 0 Å². The predicted octanol–water partition coefficient (Wildman–Crippen LogP) is 0.446. The van der Waals surface area contributed by atoms with Gasteiger partial charge in [0.05, 0.1) is 12.7 Å². The molecule has 1 atom stereocenters. The van der Waals surface area contributed by atoms with Gasteiger partial charge in [-0.2, -0.15) is 0 Å². The van der Waals surface area contributed by atoms with Crippen LogP contribution in [0, 0.1) is 0 Å². The molecule has 0 aromatic rings. The van der Waals surface area contributed by atoms with Crippen molar-refractivity contribution in [3.05, 3.63) is 0 Å². The van der Waals surface area contributed by atoms with E-state index < -0.39 is 6.04 Å². The molecule has 0 radical (unpaired) electrons. The summed E-state index contributed by atoms with van der Waals surface area (Å²) < 4.78 is 9.90. The van der Waals surface area contributed by atoms with E-state index in [9.17, 15) is 4.79 Å². The van der Waals surface area contributed by atoms with Crippen LogP contribution < -0.4 is 5.73 Å². The largest absolute Gasteiger partial charge is 0.468 e. The highest BCUT2D eigenvalue weighted by molar-refractivity contribution is 5.75. The van der Waals surface area contributed by atoms with Crippen molar-refractivity contribution in [1.29, 1.82) is 0 Å². The Morgan fingerprint density at radius 1 is 1.54 bits per heavy atom. The first-order chi connectivity index (χ1) is 6.13. The molecule has 2 N–H and O–H groups in total. The lowest BCUT2D eigenvalue weighted by Crippen LogP contribution is -2.47. The Balaban J connectivity index is 2.42. The van der Waals surface area contributed by atoms with Crippen LogP contribution in [0.4, 0.5) is 0 Å². The summed E-state index contributed by atoms with van der Waals surface area (Å²) in [7, 11) is 3.02. The van der Waals surface area contributed by atoms with Crippen LogP contribution in [0.15, 0.2) is 0 Å². The zero-order valence-corrected chi connectivity index (χ0v) is 8.21. The zero-order chi connectivity index (χ0) is 9.90. The van der Waals surface area contributed by atoms with Gasteiger partial charge in [0.25, 0.3) is 0 Å². The average molecular weight is 187 g/mol. The first kappa shape index (κ1) is 10.5. The number of rotatable bonds is 4. The first-order valence-electron chi connectivity index (χ1n) is 4.52. The average Bonchev–Trinajstić information content (AvgIpc) is 2.09. The molecule has 1 aliphatic rings. The lowest BCUT2D eigenvalue weighted by Gasteiger charge is -2.41. The maximum absolute atomic E-state index is 11.0. The van der Waals surface area contributed by atoms with E-state index in [2.05, 4.69) is 4.74 Å². The molecule has 4 nitrogen and oxygen atoms in total. The summed E-state index contributed by atoms with van der Waals surface area (Å²) in [4.78, 5) is 11.0. The third-order valence-electron chi connectivity index (χ3n) is 2.79. The van der Waals surface area contributed by atoms with Crippen molar-refractivity contribution in [1.82, 2.24) is 0 Å². The van der Waals surface area contributed by atoms with Crippen LogP contribution in [0.2, 0.25) is 0 Å². The van der Waals surface area contributed by atoms with E-state index in [0.29, 0.717) is 6.42 Å². The SMILES string of the molecule is COC(=O)C(N)CC1(OC)CCC1. The number of ether oxygens (including phenoxy) is 2. The molecule has 1 aliphatic carbocycles. The van der Waals surface area contributed by atoms with Crippen molar-refractivity contribution < 1.29 is 14.3 Å². The molecule has 0 bridgehead atoms. The van der Waals surface area contributed by atoms with Gasteiger partial charge in [-0.25, -0.2) is 0 Å². The van der Waals surface area contributed by atoms with Crippen LogP contribution in [0.3, 0.4) is 0 Å². The number of hydrogen-bond donors (Lipinski definition) is 1. The van der Waals surface area contributed by atoms with Crippen molar-refractivity contribution in [2.45, 2.75) is 37.3 Å². The molecule has 1 rings (SSSR count). The minimum absolute atomic E-state index is 0.159. The van der Waals surface area contributed by atoms with Gasteiger partial charge in [0.1, 0.15) is 6.04 Å². The van der Waals surface area contributed by atoms with Crippen LogP contribution in [0.25, 0.3) is 0 Å². The fraction of sp³-hybridized carbons (Fsp3) is 0.889. The van der Waals surface area contributed by atoms with Crippen LogP contribution in [-0.4, -0.2) is 31.8 Å². The Hall–Kier alpha value is -0.610. The number of hydrogen-bond acceptors (Lipinski definition) is 4. The van der Waals surface area contributed by atoms with Crippen molar-refractivity contribution in [2.75, 3.05) is 14.2 Å². The van der Waals surface area contributed by atoms with Crippen molar-refractivity contribution in [2.24, 2.45) is 5.73 Å². The van der Waals surface area contributed by atoms with Gasteiger partial charge in [-0.3, -0.25) is 4.79 Å². The molecule has 0 aliphatic heterocycles. The molecule has 4 heteroatoms. The highest BCUT2D eigenvalue weighted by Gasteiger charge is 2.39. The van der Waals surface area contributed by atoms with Crippen LogP contribution in [-0.2, 0) is 14.3 Å². The fourth-order valence-electron chi connectivity index (χ4n) is 1.70.